The molecule has 8 heteroatoms. The molecule has 0 bridgehead atoms. The molecule has 0 saturated carbocycles. The van der Waals surface area contributed by atoms with Crippen molar-refractivity contribution in [1.82, 2.24) is 20.4 Å². The van der Waals surface area contributed by atoms with Crippen molar-refractivity contribution in [3.05, 3.63) is 36.0 Å². The van der Waals surface area contributed by atoms with E-state index in [0.717, 1.165) is 39.3 Å². The number of ether oxygens (including phenoxy) is 1. The molecule has 1 aliphatic rings. The Morgan fingerprint density at radius 2 is 2.00 bits per heavy atom. The number of rotatable bonds is 8. The fourth-order valence-electron chi connectivity index (χ4n) is 2.74. The van der Waals surface area contributed by atoms with E-state index in [-0.39, 0.29) is 11.7 Å². The molecule has 0 unspecified atom stereocenters. The number of hydrogen-bond acceptors (Lipinski definition) is 6. The Morgan fingerprint density at radius 3 is 2.77 bits per heavy atom. The molecule has 2 heterocycles. The third-order valence-electron chi connectivity index (χ3n) is 4.21. The van der Waals surface area contributed by atoms with Gasteiger partial charge in [0.05, 0.1) is 13.2 Å². The first-order valence-electron chi connectivity index (χ1n) is 8.86. The molecule has 1 N–H and O–H groups in total. The summed E-state index contributed by atoms with van der Waals surface area (Å²) in [6.45, 7) is 5.12. The van der Waals surface area contributed by atoms with Crippen LogP contribution in [-0.2, 0) is 16.0 Å². The van der Waals surface area contributed by atoms with Gasteiger partial charge in [-0.15, -0.1) is 0 Å². The number of nitrogens with one attached hydrogen (secondary N) is 1. The van der Waals surface area contributed by atoms with Crippen LogP contribution in [0.2, 0.25) is 0 Å². The molecule has 1 aliphatic heterocycles. The van der Waals surface area contributed by atoms with E-state index in [9.17, 15) is 9.18 Å². The lowest BCUT2D eigenvalue weighted by molar-refractivity contribution is -0.121. The van der Waals surface area contributed by atoms with Crippen LogP contribution in [0.1, 0.15) is 18.7 Å². The Balaban J connectivity index is 1.34. The van der Waals surface area contributed by atoms with Gasteiger partial charge in [0.2, 0.25) is 17.6 Å². The second-order valence-corrected chi connectivity index (χ2v) is 6.18. The number of aryl methyl sites for hydroxylation is 1. The van der Waals surface area contributed by atoms with Crippen molar-refractivity contribution < 1.29 is 18.4 Å². The second kappa shape index (κ2) is 9.40. The maximum atomic E-state index is 12.9. The van der Waals surface area contributed by atoms with Gasteiger partial charge < -0.3 is 14.6 Å². The van der Waals surface area contributed by atoms with Gasteiger partial charge >= 0.3 is 0 Å². The molecule has 0 atom stereocenters. The lowest BCUT2D eigenvalue weighted by Gasteiger charge is -2.26. The van der Waals surface area contributed by atoms with Gasteiger partial charge in [0.25, 0.3) is 0 Å². The SMILES string of the molecule is O=C(CCc1nc(-c2ccc(F)cc2)no1)NCCCN1CCOCC1. The fourth-order valence-corrected chi connectivity index (χ4v) is 2.74. The van der Waals surface area contributed by atoms with Crippen molar-refractivity contribution in [1.29, 1.82) is 0 Å². The summed E-state index contributed by atoms with van der Waals surface area (Å²) in [5.41, 5.74) is 0.675. The van der Waals surface area contributed by atoms with Crippen LogP contribution in [0.5, 0.6) is 0 Å². The summed E-state index contributed by atoms with van der Waals surface area (Å²) in [6.07, 6.45) is 1.59. The number of amides is 1. The first-order chi connectivity index (χ1) is 12.7. The Hall–Kier alpha value is -2.32. The Labute approximate surface area is 151 Å². The quantitative estimate of drug-likeness (QED) is 0.719. The van der Waals surface area contributed by atoms with Gasteiger partial charge in [-0.25, -0.2) is 4.39 Å². The number of aromatic nitrogens is 2. The van der Waals surface area contributed by atoms with E-state index in [2.05, 4.69) is 20.4 Å². The second-order valence-electron chi connectivity index (χ2n) is 6.18. The summed E-state index contributed by atoms with van der Waals surface area (Å²) < 4.78 is 23.4. The lowest BCUT2D eigenvalue weighted by atomic mass is 10.2. The van der Waals surface area contributed by atoms with E-state index in [1.54, 1.807) is 12.1 Å². The van der Waals surface area contributed by atoms with Crippen molar-refractivity contribution in [2.45, 2.75) is 19.3 Å². The van der Waals surface area contributed by atoms with Crippen LogP contribution in [0, 0.1) is 5.82 Å². The van der Waals surface area contributed by atoms with Gasteiger partial charge in [-0.05, 0) is 37.2 Å². The topological polar surface area (TPSA) is 80.5 Å². The zero-order chi connectivity index (χ0) is 18.2. The lowest BCUT2D eigenvalue weighted by Crippen LogP contribution is -2.38. The average molecular weight is 362 g/mol. The van der Waals surface area contributed by atoms with Crippen LogP contribution in [0.4, 0.5) is 4.39 Å². The van der Waals surface area contributed by atoms with Crippen LogP contribution in [0.25, 0.3) is 11.4 Å². The van der Waals surface area contributed by atoms with Gasteiger partial charge in [-0.1, -0.05) is 5.16 Å². The molecule has 26 heavy (non-hydrogen) atoms. The molecule has 0 spiro atoms. The average Bonchev–Trinajstić information content (AvgIpc) is 3.14. The van der Waals surface area contributed by atoms with Crippen LogP contribution in [0.15, 0.2) is 28.8 Å². The van der Waals surface area contributed by atoms with Crippen LogP contribution in [0.3, 0.4) is 0 Å². The summed E-state index contributed by atoms with van der Waals surface area (Å²) in [5, 5.41) is 6.77. The van der Waals surface area contributed by atoms with Gasteiger partial charge in [-0.3, -0.25) is 9.69 Å². The number of morpholine rings is 1. The normalized spacial score (nSPS) is 15.1. The molecule has 7 nitrogen and oxygen atoms in total. The molecule has 1 saturated heterocycles. The van der Waals surface area contributed by atoms with E-state index < -0.39 is 0 Å². The molecule has 1 aromatic heterocycles. The highest BCUT2D eigenvalue weighted by molar-refractivity contribution is 5.75. The number of carbonyl (C=O) groups excluding carboxylic acids is 1. The van der Waals surface area contributed by atoms with Crippen LogP contribution >= 0.6 is 0 Å². The van der Waals surface area contributed by atoms with Crippen LogP contribution < -0.4 is 5.32 Å². The standard InChI is InChI=1S/C18H23FN4O3/c19-15-4-2-14(3-5-15)18-21-17(26-22-18)7-6-16(24)20-8-1-9-23-10-12-25-13-11-23/h2-5H,1,6-13H2,(H,20,24). The molecule has 0 aliphatic carbocycles. The first kappa shape index (κ1) is 18.5. The number of halogens is 1. The number of benzene rings is 1. The predicted molar refractivity (Wildman–Crippen MR) is 92.9 cm³/mol. The minimum Gasteiger partial charge on any atom is -0.379 e. The summed E-state index contributed by atoms with van der Waals surface area (Å²) in [7, 11) is 0. The maximum Gasteiger partial charge on any atom is 0.227 e. The highest BCUT2D eigenvalue weighted by atomic mass is 19.1. The maximum absolute atomic E-state index is 12.9. The van der Waals surface area contributed by atoms with Crippen molar-refractivity contribution in [3.8, 4) is 11.4 Å². The third kappa shape index (κ3) is 5.60. The van der Waals surface area contributed by atoms with E-state index in [4.69, 9.17) is 9.26 Å². The van der Waals surface area contributed by atoms with Gasteiger partial charge in [0, 0.05) is 38.0 Å². The van der Waals surface area contributed by atoms with Crippen LogP contribution in [-0.4, -0.2) is 60.3 Å². The first-order valence-corrected chi connectivity index (χ1v) is 8.86. The number of carbonyl (C=O) groups is 1. The Morgan fingerprint density at radius 1 is 1.23 bits per heavy atom. The number of nitrogens with zero attached hydrogens (tertiary/aromatic N) is 3. The van der Waals surface area contributed by atoms with E-state index in [1.165, 1.54) is 12.1 Å². The molecule has 1 aromatic carbocycles. The van der Waals surface area contributed by atoms with E-state index in [0.29, 0.717) is 36.7 Å². The number of hydrogen-bond donors (Lipinski definition) is 1. The molecule has 3 rings (SSSR count). The summed E-state index contributed by atoms with van der Waals surface area (Å²) in [6, 6.07) is 5.86. The van der Waals surface area contributed by atoms with E-state index >= 15 is 0 Å². The fraction of sp³-hybridized carbons (Fsp3) is 0.500. The third-order valence-corrected chi connectivity index (χ3v) is 4.21. The smallest absolute Gasteiger partial charge is 0.227 e. The Bertz CT molecular complexity index is 699. The van der Waals surface area contributed by atoms with Crippen molar-refractivity contribution in [2.75, 3.05) is 39.4 Å². The molecular weight excluding hydrogens is 339 g/mol. The van der Waals surface area contributed by atoms with Crippen molar-refractivity contribution in [2.24, 2.45) is 0 Å². The zero-order valence-electron chi connectivity index (χ0n) is 14.6. The molecule has 0 radical (unpaired) electrons. The predicted octanol–water partition coefficient (Wildman–Crippen LogP) is 1.65. The molecule has 140 valence electrons. The highest BCUT2D eigenvalue weighted by Crippen LogP contribution is 2.16. The van der Waals surface area contributed by atoms with Gasteiger partial charge in [-0.2, -0.15) is 4.98 Å². The molecule has 1 amide bonds. The summed E-state index contributed by atoms with van der Waals surface area (Å²) in [4.78, 5) is 18.5. The van der Waals surface area contributed by atoms with Gasteiger partial charge in [0.15, 0.2) is 0 Å². The molecular formula is C18H23FN4O3. The van der Waals surface area contributed by atoms with E-state index in [1.807, 2.05) is 0 Å². The zero-order valence-corrected chi connectivity index (χ0v) is 14.6. The monoisotopic (exact) mass is 362 g/mol. The Kier molecular flexibility index (Phi) is 6.68. The highest BCUT2D eigenvalue weighted by Gasteiger charge is 2.12. The minimum absolute atomic E-state index is 0.0338. The minimum atomic E-state index is -0.317. The van der Waals surface area contributed by atoms with Crippen molar-refractivity contribution >= 4 is 5.91 Å². The van der Waals surface area contributed by atoms with Crippen molar-refractivity contribution in [3.63, 3.8) is 0 Å². The largest absolute Gasteiger partial charge is 0.379 e. The summed E-state index contributed by atoms with van der Waals surface area (Å²) >= 11 is 0. The molecule has 1 fully saturated rings. The molecule has 2 aromatic rings. The summed E-state index contributed by atoms with van der Waals surface area (Å²) in [5.74, 6) is 0.440. The van der Waals surface area contributed by atoms with Gasteiger partial charge in [0.1, 0.15) is 5.82 Å².